The minimum absolute atomic E-state index is 0.0223. The quantitative estimate of drug-likeness (QED) is 0.600. The molecule has 1 aliphatic rings. The van der Waals surface area contributed by atoms with Gasteiger partial charge in [0, 0.05) is 46.3 Å². The molecule has 0 unspecified atom stereocenters. The Morgan fingerprint density at radius 1 is 1.19 bits per heavy atom. The molecule has 6 nitrogen and oxygen atoms in total. The molecule has 0 bridgehead atoms. The molecular formula is C20H33N5O. The van der Waals surface area contributed by atoms with Gasteiger partial charge in [-0.3, -0.25) is 9.79 Å². The molecule has 1 aromatic rings. The molecule has 0 aromatic heterocycles. The summed E-state index contributed by atoms with van der Waals surface area (Å²) in [4.78, 5) is 20.3. The average Bonchev–Trinajstić information content (AvgIpc) is 2.65. The van der Waals surface area contributed by atoms with Crippen molar-refractivity contribution in [2.24, 2.45) is 10.9 Å². The van der Waals surface area contributed by atoms with Crippen molar-refractivity contribution in [2.45, 2.75) is 26.3 Å². The molecule has 6 heteroatoms. The van der Waals surface area contributed by atoms with Crippen molar-refractivity contribution >= 4 is 11.9 Å². The largest absolute Gasteiger partial charge is 0.355 e. The van der Waals surface area contributed by atoms with Crippen molar-refractivity contribution in [2.75, 3.05) is 47.3 Å². The van der Waals surface area contributed by atoms with Gasteiger partial charge >= 0.3 is 0 Å². The summed E-state index contributed by atoms with van der Waals surface area (Å²) in [6, 6.07) is 7.69. The smallest absolute Gasteiger partial charge is 0.253 e. The Kier molecular flexibility index (Phi) is 7.91. The van der Waals surface area contributed by atoms with Crippen molar-refractivity contribution in [3.63, 3.8) is 0 Å². The van der Waals surface area contributed by atoms with E-state index in [0.717, 1.165) is 30.5 Å². The highest BCUT2D eigenvalue weighted by Crippen LogP contribution is 2.15. The van der Waals surface area contributed by atoms with Gasteiger partial charge in [-0.15, -0.1) is 0 Å². The second kappa shape index (κ2) is 10.2. The van der Waals surface area contributed by atoms with Crippen molar-refractivity contribution in [3.8, 4) is 0 Å². The number of piperidine rings is 1. The van der Waals surface area contributed by atoms with Crippen LogP contribution in [0.3, 0.4) is 0 Å². The molecule has 0 spiro atoms. The van der Waals surface area contributed by atoms with E-state index < -0.39 is 0 Å². The average molecular weight is 360 g/mol. The van der Waals surface area contributed by atoms with Gasteiger partial charge in [0.1, 0.15) is 0 Å². The van der Waals surface area contributed by atoms with E-state index in [-0.39, 0.29) is 5.91 Å². The molecule has 1 fully saturated rings. The van der Waals surface area contributed by atoms with E-state index in [9.17, 15) is 4.79 Å². The van der Waals surface area contributed by atoms with Crippen LogP contribution in [0.1, 0.15) is 35.7 Å². The van der Waals surface area contributed by atoms with Gasteiger partial charge in [0.2, 0.25) is 0 Å². The van der Waals surface area contributed by atoms with Crippen LogP contribution in [0.2, 0.25) is 0 Å². The zero-order valence-corrected chi connectivity index (χ0v) is 16.6. The van der Waals surface area contributed by atoms with Gasteiger partial charge in [0.25, 0.3) is 5.91 Å². The maximum Gasteiger partial charge on any atom is 0.253 e. The molecular weight excluding hydrogens is 326 g/mol. The number of hydrogen-bond donors (Lipinski definition) is 2. The monoisotopic (exact) mass is 359 g/mol. The Balaban J connectivity index is 1.72. The molecule has 0 aliphatic carbocycles. The highest BCUT2D eigenvalue weighted by Gasteiger charge is 2.15. The van der Waals surface area contributed by atoms with Crippen molar-refractivity contribution < 1.29 is 4.79 Å². The van der Waals surface area contributed by atoms with Crippen LogP contribution < -0.4 is 10.6 Å². The summed E-state index contributed by atoms with van der Waals surface area (Å²) in [5.41, 5.74) is 1.82. The SMILES string of the molecule is CN=C(NCCN1CCC(C)CC1)NCc1ccc(C(=O)N(C)C)cc1. The van der Waals surface area contributed by atoms with Crippen LogP contribution in [-0.4, -0.2) is 69.0 Å². The number of hydrogen-bond acceptors (Lipinski definition) is 3. The van der Waals surface area contributed by atoms with E-state index in [1.807, 2.05) is 24.3 Å². The van der Waals surface area contributed by atoms with Gasteiger partial charge in [-0.25, -0.2) is 0 Å². The van der Waals surface area contributed by atoms with E-state index >= 15 is 0 Å². The van der Waals surface area contributed by atoms with E-state index in [0.29, 0.717) is 12.1 Å². The first-order valence-electron chi connectivity index (χ1n) is 9.47. The van der Waals surface area contributed by atoms with E-state index in [4.69, 9.17) is 0 Å². The van der Waals surface area contributed by atoms with Crippen LogP contribution in [0.5, 0.6) is 0 Å². The van der Waals surface area contributed by atoms with Crippen LogP contribution in [-0.2, 0) is 6.54 Å². The minimum atomic E-state index is 0.0223. The lowest BCUT2D eigenvalue weighted by Gasteiger charge is -2.30. The van der Waals surface area contributed by atoms with Crippen molar-refractivity contribution in [3.05, 3.63) is 35.4 Å². The van der Waals surface area contributed by atoms with Gasteiger partial charge in [-0.1, -0.05) is 19.1 Å². The number of nitrogens with one attached hydrogen (secondary N) is 2. The zero-order valence-electron chi connectivity index (χ0n) is 16.6. The van der Waals surface area contributed by atoms with E-state index in [2.05, 4.69) is 27.4 Å². The number of amides is 1. The number of nitrogens with zero attached hydrogens (tertiary/aromatic N) is 3. The van der Waals surface area contributed by atoms with Crippen LogP contribution in [0, 0.1) is 5.92 Å². The summed E-state index contributed by atoms with van der Waals surface area (Å²) < 4.78 is 0. The number of carbonyl (C=O) groups is 1. The Labute approximate surface area is 157 Å². The molecule has 26 heavy (non-hydrogen) atoms. The molecule has 1 aliphatic heterocycles. The first-order chi connectivity index (χ1) is 12.5. The van der Waals surface area contributed by atoms with E-state index in [1.165, 1.54) is 25.9 Å². The van der Waals surface area contributed by atoms with Crippen LogP contribution in [0.4, 0.5) is 0 Å². The van der Waals surface area contributed by atoms with Crippen molar-refractivity contribution in [1.82, 2.24) is 20.4 Å². The number of carbonyl (C=O) groups excluding carboxylic acids is 1. The Hall–Kier alpha value is -2.08. The summed E-state index contributed by atoms with van der Waals surface area (Å²) in [7, 11) is 5.31. The summed E-state index contributed by atoms with van der Waals surface area (Å²) >= 11 is 0. The number of rotatable bonds is 6. The number of aliphatic imine (C=N–C) groups is 1. The second-order valence-corrected chi connectivity index (χ2v) is 7.27. The fourth-order valence-corrected chi connectivity index (χ4v) is 3.05. The molecule has 0 radical (unpaired) electrons. The maximum atomic E-state index is 11.9. The molecule has 2 rings (SSSR count). The van der Waals surface area contributed by atoms with Gasteiger partial charge in [-0.2, -0.15) is 0 Å². The van der Waals surface area contributed by atoms with Crippen LogP contribution in [0.15, 0.2) is 29.3 Å². The maximum absolute atomic E-state index is 11.9. The summed E-state index contributed by atoms with van der Waals surface area (Å²) in [6.07, 6.45) is 2.61. The van der Waals surface area contributed by atoms with Gasteiger partial charge in [-0.05, 0) is 49.5 Å². The molecule has 1 aromatic carbocycles. The lowest BCUT2D eigenvalue weighted by atomic mass is 9.99. The Morgan fingerprint density at radius 2 is 1.85 bits per heavy atom. The topological polar surface area (TPSA) is 60.0 Å². The summed E-state index contributed by atoms with van der Waals surface area (Å²) in [5.74, 6) is 1.70. The first kappa shape index (κ1) is 20.2. The third-order valence-corrected chi connectivity index (χ3v) is 4.89. The number of benzene rings is 1. The zero-order chi connectivity index (χ0) is 18.9. The molecule has 1 amide bonds. The highest BCUT2D eigenvalue weighted by atomic mass is 16.2. The summed E-state index contributed by atoms with van der Waals surface area (Å²) in [5, 5.41) is 6.71. The summed E-state index contributed by atoms with van der Waals surface area (Å²) in [6.45, 7) is 7.36. The minimum Gasteiger partial charge on any atom is -0.355 e. The van der Waals surface area contributed by atoms with Crippen LogP contribution in [0.25, 0.3) is 0 Å². The molecule has 0 atom stereocenters. The van der Waals surface area contributed by atoms with Gasteiger partial charge < -0.3 is 20.4 Å². The van der Waals surface area contributed by atoms with Gasteiger partial charge in [0.15, 0.2) is 5.96 Å². The number of guanidine groups is 1. The molecule has 1 heterocycles. The lowest BCUT2D eigenvalue weighted by molar-refractivity contribution is 0.0827. The van der Waals surface area contributed by atoms with E-state index in [1.54, 1.807) is 26.0 Å². The fourth-order valence-electron chi connectivity index (χ4n) is 3.05. The van der Waals surface area contributed by atoms with Crippen LogP contribution >= 0.6 is 0 Å². The number of likely N-dealkylation sites (tertiary alicyclic amines) is 1. The molecule has 0 saturated carbocycles. The predicted molar refractivity (Wildman–Crippen MR) is 107 cm³/mol. The first-order valence-corrected chi connectivity index (χ1v) is 9.47. The molecule has 144 valence electrons. The second-order valence-electron chi connectivity index (χ2n) is 7.27. The molecule has 1 saturated heterocycles. The van der Waals surface area contributed by atoms with Crippen molar-refractivity contribution in [1.29, 1.82) is 0 Å². The Bertz CT molecular complexity index is 589. The third-order valence-electron chi connectivity index (χ3n) is 4.89. The predicted octanol–water partition coefficient (Wildman–Crippen LogP) is 1.79. The normalized spacial score (nSPS) is 16.4. The fraction of sp³-hybridized carbons (Fsp3) is 0.600. The molecule has 2 N–H and O–H groups in total. The standard InChI is InChI=1S/C20H33N5O/c1-16-9-12-25(13-10-16)14-11-22-20(21-2)23-15-17-5-7-18(8-6-17)19(26)24(3)4/h5-8,16H,9-15H2,1-4H3,(H2,21,22,23). The third kappa shape index (κ3) is 6.33. The lowest BCUT2D eigenvalue weighted by Crippen LogP contribution is -2.43. The Morgan fingerprint density at radius 3 is 2.42 bits per heavy atom. The highest BCUT2D eigenvalue weighted by molar-refractivity contribution is 5.93. The van der Waals surface area contributed by atoms with Gasteiger partial charge in [0.05, 0.1) is 0 Å².